The van der Waals surface area contributed by atoms with Gasteiger partial charge < -0.3 is 15.8 Å². The summed E-state index contributed by atoms with van der Waals surface area (Å²) < 4.78 is 35.5. The molecule has 0 radical (unpaired) electrons. The molecular weight excluding hydrogens is 486 g/mol. The number of hydrogen-bond donors (Lipinski definition) is 2. The molecule has 0 fully saturated rings. The molecule has 1 amide bonds. The molecule has 8 heteroatoms. The SMILES string of the molecule is C=CCC[C@H](c1ccccn1)S(=O)(=O)C1CCc2ccccc2C12CNc1cc(C(N)=O)ccc1OC2. The summed E-state index contributed by atoms with van der Waals surface area (Å²) in [6.07, 6.45) is 5.50. The Morgan fingerprint density at radius 1 is 1.22 bits per heavy atom. The van der Waals surface area contributed by atoms with Gasteiger partial charge in [0.25, 0.3) is 0 Å². The number of nitrogens with two attached hydrogens (primary N) is 1. The van der Waals surface area contributed by atoms with E-state index in [1.165, 1.54) is 0 Å². The second-order valence-electron chi connectivity index (χ2n) is 9.76. The third-order valence-electron chi connectivity index (χ3n) is 7.63. The van der Waals surface area contributed by atoms with Gasteiger partial charge in [-0.15, -0.1) is 6.58 Å². The van der Waals surface area contributed by atoms with E-state index in [0.29, 0.717) is 54.9 Å². The number of amides is 1. The van der Waals surface area contributed by atoms with Crippen LogP contribution in [0.3, 0.4) is 0 Å². The number of allylic oxidation sites excluding steroid dienone is 1. The molecule has 2 heterocycles. The minimum Gasteiger partial charge on any atom is -0.490 e. The summed E-state index contributed by atoms with van der Waals surface area (Å²) in [5, 5.41) is 1.95. The number of sulfone groups is 1. The lowest BCUT2D eigenvalue weighted by Gasteiger charge is -2.45. The van der Waals surface area contributed by atoms with Gasteiger partial charge in [-0.2, -0.15) is 0 Å². The molecule has 2 aliphatic rings. The number of aryl methyl sites for hydroxylation is 1. The third kappa shape index (κ3) is 4.50. The van der Waals surface area contributed by atoms with E-state index in [-0.39, 0.29) is 6.61 Å². The number of anilines is 1. The van der Waals surface area contributed by atoms with E-state index in [9.17, 15) is 13.2 Å². The first kappa shape index (κ1) is 25.0. The first-order chi connectivity index (χ1) is 17.9. The van der Waals surface area contributed by atoms with Crippen LogP contribution >= 0.6 is 0 Å². The molecule has 2 aromatic carbocycles. The molecule has 0 bridgehead atoms. The van der Waals surface area contributed by atoms with Crippen molar-refractivity contribution in [1.29, 1.82) is 0 Å². The number of rotatable bonds is 7. The summed E-state index contributed by atoms with van der Waals surface area (Å²) in [5.74, 6) is 0.0291. The Labute approximate surface area is 217 Å². The Hall–Kier alpha value is -3.65. The number of carbonyl (C=O) groups is 1. The number of carbonyl (C=O) groups excluding carboxylic acids is 1. The van der Waals surface area contributed by atoms with E-state index in [4.69, 9.17) is 10.5 Å². The van der Waals surface area contributed by atoms with Crippen LogP contribution in [0.2, 0.25) is 0 Å². The van der Waals surface area contributed by atoms with Crippen LogP contribution in [-0.2, 0) is 21.7 Å². The van der Waals surface area contributed by atoms with Crippen LogP contribution in [0, 0.1) is 0 Å². The van der Waals surface area contributed by atoms with Gasteiger partial charge in [0.15, 0.2) is 9.84 Å². The minimum atomic E-state index is -3.73. The number of primary amides is 1. The van der Waals surface area contributed by atoms with Gasteiger partial charge >= 0.3 is 0 Å². The highest BCUT2D eigenvalue weighted by Crippen LogP contribution is 2.47. The maximum absolute atomic E-state index is 14.6. The van der Waals surface area contributed by atoms with Gasteiger partial charge in [0.05, 0.1) is 22.0 Å². The smallest absolute Gasteiger partial charge is 0.248 e. The predicted octanol–water partition coefficient (Wildman–Crippen LogP) is 4.36. The van der Waals surface area contributed by atoms with Gasteiger partial charge in [0.2, 0.25) is 5.91 Å². The number of nitrogens with zero attached hydrogens (tertiary/aromatic N) is 1. The molecule has 192 valence electrons. The van der Waals surface area contributed by atoms with E-state index in [1.807, 2.05) is 24.3 Å². The molecule has 3 N–H and O–H groups in total. The van der Waals surface area contributed by atoms with Gasteiger partial charge in [-0.25, -0.2) is 8.42 Å². The molecular formula is C29H31N3O4S. The van der Waals surface area contributed by atoms with Crippen molar-refractivity contribution in [3.8, 4) is 5.75 Å². The Kier molecular flexibility index (Phi) is 6.77. The second-order valence-corrected chi connectivity index (χ2v) is 12.1. The zero-order valence-corrected chi connectivity index (χ0v) is 21.4. The van der Waals surface area contributed by atoms with Crippen LogP contribution in [0.4, 0.5) is 5.69 Å². The van der Waals surface area contributed by atoms with Crippen molar-refractivity contribution in [3.63, 3.8) is 0 Å². The average molecular weight is 518 g/mol. The monoisotopic (exact) mass is 517 g/mol. The van der Waals surface area contributed by atoms with Crippen LogP contribution < -0.4 is 15.8 Å². The maximum Gasteiger partial charge on any atom is 0.248 e. The quantitative estimate of drug-likeness (QED) is 0.451. The fraction of sp³-hybridized carbons (Fsp3) is 0.310. The van der Waals surface area contributed by atoms with Crippen molar-refractivity contribution in [2.75, 3.05) is 18.5 Å². The number of ether oxygens (including phenoxy) is 1. The zero-order chi connectivity index (χ0) is 26.0. The van der Waals surface area contributed by atoms with E-state index >= 15 is 0 Å². The number of benzene rings is 2. The Morgan fingerprint density at radius 2 is 2.03 bits per heavy atom. The van der Waals surface area contributed by atoms with Gasteiger partial charge in [0, 0.05) is 18.3 Å². The lowest BCUT2D eigenvalue weighted by Crippen LogP contribution is -2.55. The van der Waals surface area contributed by atoms with Crippen molar-refractivity contribution in [2.45, 2.75) is 41.6 Å². The van der Waals surface area contributed by atoms with Gasteiger partial charge in [-0.05, 0) is 67.1 Å². The standard InChI is InChI=1S/C29H31N3O4S/c1-2-3-11-26(23-10-6-7-16-31-23)37(34,35)27-15-13-20-8-4-5-9-22(20)29(27)18-32-24-17-21(28(30)33)12-14-25(24)36-19-29/h2,4-10,12,14,16-17,26-27,32H,1,3,11,13,15,18-19H2,(H2,30,33)/t26-,27?,29?/m1/s1. The van der Waals surface area contributed by atoms with Crippen molar-refractivity contribution in [1.82, 2.24) is 4.98 Å². The predicted molar refractivity (Wildman–Crippen MR) is 145 cm³/mol. The third-order valence-corrected chi connectivity index (χ3v) is 10.4. The first-order valence-corrected chi connectivity index (χ1v) is 14.1. The second kappa shape index (κ2) is 10.0. The van der Waals surface area contributed by atoms with Gasteiger partial charge in [0.1, 0.15) is 17.6 Å². The van der Waals surface area contributed by atoms with Crippen LogP contribution in [0.25, 0.3) is 0 Å². The maximum atomic E-state index is 14.6. The van der Waals surface area contributed by atoms with Crippen LogP contribution in [-0.4, -0.2) is 37.7 Å². The number of hydrogen-bond acceptors (Lipinski definition) is 6. The highest BCUT2D eigenvalue weighted by molar-refractivity contribution is 7.92. The average Bonchev–Trinajstić information content (AvgIpc) is 3.09. The Bertz CT molecular complexity index is 1420. The summed E-state index contributed by atoms with van der Waals surface area (Å²) in [6.45, 7) is 4.32. The minimum absolute atomic E-state index is 0.181. The van der Waals surface area contributed by atoms with Gasteiger partial charge in [-0.1, -0.05) is 36.4 Å². The molecule has 37 heavy (non-hydrogen) atoms. The normalized spacial score (nSPS) is 21.5. The molecule has 3 aromatic rings. The number of pyridine rings is 1. The summed E-state index contributed by atoms with van der Waals surface area (Å²) in [7, 11) is -3.73. The fourth-order valence-electron chi connectivity index (χ4n) is 5.79. The number of nitrogens with one attached hydrogen (secondary N) is 1. The molecule has 5 rings (SSSR count). The molecule has 1 aromatic heterocycles. The summed E-state index contributed by atoms with van der Waals surface area (Å²) in [5.41, 5.74) is 8.29. The Balaban J connectivity index is 1.61. The lowest BCUT2D eigenvalue weighted by molar-refractivity contribution is 0.1000. The summed E-state index contributed by atoms with van der Waals surface area (Å²) in [6, 6.07) is 18.4. The van der Waals surface area contributed by atoms with E-state index in [1.54, 1.807) is 42.6 Å². The van der Waals surface area contributed by atoms with Crippen molar-refractivity contribution in [3.05, 3.63) is 102 Å². The molecule has 3 atom stereocenters. The molecule has 1 spiro atoms. The van der Waals surface area contributed by atoms with Crippen molar-refractivity contribution in [2.24, 2.45) is 5.73 Å². The Morgan fingerprint density at radius 3 is 2.78 bits per heavy atom. The van der Waals surface area contributed by atoms with Gasteiger partial charge in [-0.3, -0.25) is 9.78 Å². The molecule has 0 saturated heterocycles. The molecule has 1 aliphatic heterocycles. The summed E-state index contributed by atoms with van der Waals surface area (Å²) in [4.78, 5) is 16.2. The highest BCUT2D eigenvalue weighted by Gasteiger charge is 2.54. The number of aromatic nitrogens is 1. The van der Waals surface area contributed by atoms with E-state index < -0.39 is 31.7 Å². The molecule has 1 aliphatic carbocycles. The zero-order valence-electron chi connectivity index (χ0n) is 20.6. The lowest BCUT2D eigenvalue weighted by atomic mass is 9.70. The van der Waals surface area contributed by atoms with Crippen LogP contribution in [0.5, 0.6) is 5.75 Å². The van der Waals surface area contributed by atoms with Crippen LogP contribution in [0.15, 0.2) is 79.5 Å². The largest absolute Gasteiger partial charge is 0.490 e. The summed E-state index contributed by atoms with van der Waals surface area (Å²) >= 11 is 0. The number of fused-ring (bicyclic) bond motifs is 3. The van der Waals surface area contributed by atoms with Crippen molar-refractivity contribution >= 4 is 21.4 Å². The van der Waals surface area contributed by atoms with E-state index in [2.05, 4.69) is 22.9 Å². The fourth-order valence-corrected chi connectivity index (χ4v) is 8.48. The molecule has 2 unspecified atom stereocenters. The van der Waals surface area contributed by atoms with Crippen LogP contribution in [0.1, 0.15) is 51.7 Å². The van der Waals surface area contributed by atoms with Crippen molar-refractivity contribution < 1.29 is 17.9 Å². The van der Waals surface area contributed by atoms with E-state index in [0.717, 1.165) is 11.1 Å². The first-order valence-electron chi connectivity index (χ1n) is 12.5. The molecule has 7 nitrogen and oxygen atoms in total. The molecule has 0 saturated carbocycles. The highest BCUT2D eigenvalue weighted by atomic mass is 32.2. The topological polar surface area (TPSA) is 111 Å².